The Bertz CT molecular complexity index is 331. The van der Waals surface area contributed by atoms with Crippen LogP contribution >= 0.6 is 0 Å². The van der Waals surface area contributed by atoms with E-state index in [0.29, 0.717) is 12.6 Å². The number of hydrogen-bond donors (Lipinski definition) is 1. The first-order chi connectivity index (χ1) is 8.31. The van der Waals surface area contributed by atoms with E-state index in [9.17, 15) is 0 Å². The number of methoxy groups -OCH3 is 1. The number of piperazine rings is 1. The maximum absolute atomic E-state index is 5.13. The standard InChI is InChI=1S/C14H22N2O/c1-12(16-9-7-15-8-10-16)14-5-3-13(4-6-14)11-17-2/h3-6,12,15H,7-11H2,1-2H3. The third-order valence-electron chi connectivity index (χ3n) is 3.47. The lowest BCUT2D eigenvalue weighted by molar-refractivity contribution is 0.183. The number of nitrogens with zero attached hydrogens (tertiary/aromatic N) is 1. The molecule has 0 bridgehead atoms. The van der Waals surface area contributed by atoms with Crippen LogP contribution in [0.5, 0.6) is 0 Å². The van der Waals surface area contributed by atoms with Crippen molar-refractivity contribution in [2.75, 3.05) is 33.3 Å². The Morgan fingerprint density at radius 3 is 2.47 bits per heavy atom. The van der Waals surface area contributed by atoms with Crippen LogP contribution in [0.15, 0.2) is 24.3 Å². The minimum Gasteiger partial charge on any atom is -0.380 e. The van der Waals surface area contributed by atoms with Gasteiger partial charge < -0.3 is 10.1 Å². The zero-order valence-corrected chi connectivity index (χ0v) is 10.8. The van der Waals surface area contributed by atoms with Gasteiger partial charge in [0.1, 0.15) is 0 Å². The van der Waals surface area contributed by atoms with Crippen molar-refractivity contribution in [3.63, 3.8) is 0 Å². The third kappa shape index (κ3) is 3.28. The molecule has 94 valence electrons. The summed E-state index contributed by atoms with van der Waals surface area (Å²) in [5.41, 5.74) is 2.63. The van der Waals surface area contributed by atoms with Crippen LogP contribution in [0.4, 0.5) is 0 Å². The van der Waals surface area contributed by atoms with Crippen LogP contribution in [0.3, 0.4) is 0 Å². The molecule has 0 radical (unpaired) electrons. The molecule has 3 heteroatoms. The summed E-state index contributed by atoms with van der Waals surface area (Å²) >= 11 is 0. The number of benzene rings is 1. The van der Waals surface area contributed by atoms with Gasteiger partial charge in [-0.2, -0.15) is 0 Å². The maximum Gasteiger partial charge on any atom is 0.0713 e. The molecular weight excluding hydrogens is 212 g/mol. The van der Waals surface area contributed by atoms with Gasteiger partial charge in [0.25, 0.3) is 0 Å². The van der Waals surface area contributed by atoms with Gasteiger partial charge in [0.2, 0.25) is 0 Å². The van der Waals surface area contributed by atoms with Crippen LogP contribution in [-0.4, -0.2) is 38.2 Å². The van der Waals surface area contributed by atoms with Gasteiger partial charge in [-0.25, -0.2) is 0 Å². The van der Waals surface area contributed by atoms with E-state index in [1.165, 1.54) is 11.1 Å². The molecule has 1 aromatic carbocycles. The summed E-state index contributed by atoms with van der Waals surface area (Å²) in [6.45, 7) is 7.47. The van der Waals surface area contributed by atoms with Crippen molar-refractivity contribution in [1.29, 1.82) is 0 Å². The molecule has 2 rings (SSSR count). The zero-order chi connectivity index (χ0) is 12.1. The number of nitrogens with one attached hydrogen (secondary N) is 1. The number of ether oxygens (including phenoxy) is 1. The molecular formula is C14H22N2O. The SMILES string of the molecule is COCc1ccc(C(C)N2CCNCC2)cc1. The lowest BCUT2D eigenvalue weighted by Crippen LogP contribution is -2.44. The van der Waals surface area contributed by atoms with Gasteiger partial charge in [-0.3, -0.25) is 4.90 Å². The van der Waals surface area contributed by atoms with Gasteiger partial charge in [-0.1, -0.05) is 24.3 Å². The highest BCUT2D eigenvalue weighted by Gasteiger charge is 2.17. The van der Waals surface area contributed by atoms with Crippen molar-refractivity contribution < 1.29 is 4.74 Å². The van der Waals surface area contributed by atoms with Crippen LogP contribution in [-0.2, 0) is 11.3 Å². The van der Waals surface area contributed by atoms with Crippen molar-refractivity contribution in [3.8, 4) is 0 Å². The second-order valence-electron chi connectivity index (χ2n) is 4.64. The Morgan fingerprint density at radius 2 is 1.88 bits per heavy atom. The van der Waals surface area contributed by atoms with Gasteiger partial charge in [0.15, 0.2) is 0 Å². The quantitative estimate of drug-likeness (QED) is 0.859. The molecule has 1 atom stereocenters. The first-order valence-electron chi connectivity index (χ1n) is 6.34. The van der Waals surface area contributed by atoms with Gasteiger partial charge in [-0.15, -0.1) is 0 Å². The minimum absolute atomic E-state index is 0.508. The monoisotopic (exact) mass is 234 g/mol. The first kappa shape index (κ1) is 12.6. The van der Waals surface area contributed by atoms with Crippen LogP contribution in [0.1, 0.15) is 24.1 Å². The van der Waals surface area contributed by atoms with Crippen molar-refractivity contribution in [3.05, 3.63) is 35.4 Å². The molecule has 17 heavy (non-hydrogen) atoms. The largest absolute Gasteiger partial charge is 0.380 e. The van der Waals surface area contributed by atoms with Crippen LogP contribution in [0.2, 0.25) is 0 Å². The minimum atomic E-state index is 0.508. The molecule has 1 aliphatic heterocycles. The summed E-state index contributed by atoms with van der Waals surface area (Å²) < 4.78 is 5.13. The van der Waals surface area contributed by atoms with E-state index in [1.54, 1.807) is 7.11 Å². The highest BCUT2D eigenvalue weighted by atomic mass is 16.5. The maximum atomic E-state index is 5.13. The van der Waals surface area contributed by atoms with E-state index in [0.717, 1.165) is 26.2 Å². The van der Waals surface area contributed by atoms with Gasteiger partial charge >= 0.3 is 0 Å². The summed E-state index contributed by atoms with van der Waals surface area (Å²) in [6, 6.07) is 9.28. The van der Waals surface area contributed by atoms with Gasteiger partial charge in [0, 0.05) is 39.3 Å². The Kier molecular flexibility index (Phi) is 4.54. The molecule has 0 aromatic heterocycles. The van der Waals surface area contributed by atoms with E-state index in [2.05, 4.69) is 41.4 Å². The van der Waals surface area contributed by atoms with E-state index < -0.39 is 0 Å². The predicted octanol–water partition coefficient (Wildman–Crippen LogP) is 1.80. The molecule has 0 aliphatic carbocycles. The molecule has 0 spiro atoms. The van der Waals surface area contributed by atoms with Crippen molar-refractivity contribution in [2.45, 2.75) is 19.6 Å². The Morgan fingerprint density at radius 1 is 1.24 bits per heavy atom. The summed E-state index contributed by atoms with van der Waals surface area (Å²) in [7, 11) is 1.73. The normalized spacial score (nSPS) is 19.2. The fourth-order valence-electron chi connectivity index (χ4n) is 2.34. The second-order valence-corrected chi connectivity index (χ2v) is 4.64. The van der Waals surface area contributed by atoms with E-state index in [-0.39, 0.29) is 0 Å². The molecule has 3 nitrogen and oxygen atoms in total. The first-order valence-corrected chi connectivity index (χ1v) is 6.34. The molecule has 1 aliphatic rings. The van der Waals surface area contributed by atoms with Crippen molar-refractivity contribution in [2.24, 2.45) is 0 Å². The molecule has 1 fully saturated rings. The Labute approximate surface area is 104 Å². The van der Waals surface area contributed by atoms with Gasteiger partial charge in [0.05, 0.1) is 6.61 Å². The summed E-state index contributed by atoms with van der Waals surface area (Å²) in [4.78, 5) is 2.53. The van der Waals surface area contributed by atoms with E-state index >= 15 is 0 Å². The third-order valence-corrected chi connectivity index (χ3v) is 3.47. The smallest absolute Gasteiger partial charge is 0.0713 e. The molecule has 0 saturated carbocycles. The Hall–Kier alpha value is -0.900. The van der Waals surface area contributed by atoms with Crippen LogP contribution < -0.4 is 5.32 Å². The van der Waals surface area contributed by atoms with E-state index in [1.807, 2.05) is 0 Å². The van der Waals surface area contributed by atoms with Crippen LogP contribution in [0, 0.1) is 0 Å². The summed E-state index contributed by atoms with van der Waals surface area (Å²) in [5.74, 6) is 0. The molecule has 0 amide bonds. The summed E-state index contributed by atoms with van der Waals surface area (Å²) in [6.07, 6.45) is 0. The second kappa shape index (κ2) is 6.15. The Balaban J connectivity index is 2.00. The highest BCUT2D eigenvalue weighted by molar-refractivity contribution is 5.24. The molecule has 1 aromatic rings. The average molecular weight is 234 g/mol. The zero-order valence-electron chi connectivity index (χ0n) is 10.8. The van der Waals surface area contributed by atoms with Crippen LogP contribution in [0.25, 0.3) is 0 Å². The van der Waals surface area contributed by atoms with Crippen molar-refractivity contribution >= 4 is 0 Å². The number of rotatable bonds is 4. The number of hydrogen-bond acceptors (Lipinski definition) is 3. The van der Waals surface area contributed by atoms with E-state index in [4.69, 9.17) is 4.74 Å². The lowest BCUT2D eigenvalue weighted by Gasteiger charge is -2.33. The van der Waals surface area contributed by atoms with Gasteiger partial charge in [-0.05, 0) is 18.1 Å². The van der Waals surface area contributed by atoms with Crippen molar-refractivity contribution in [1.82, 2.24) is 10.2 Å². The fourth-order valence-corrected chi connectivity index (χ4v) is 2.34. The molecule has 1 saturated heterocycles. The average Bonchev–Trinajstić information content (AvgIpc) is 2.40. The predicted molar refractivity (Wildman–Crippen MR) is 70.0 cm³/mol. The topological polar surface area (TPSA) is 24.5 Å². The lowest BCUT2D eigenvalue weighted by atomic mass is 10.0. The molecule has 1 N–H and O–H groups in total. The highest BCUT2D eigenvalue weighted by Crippen LogP contribution is 2.20. The summed E-state index contributed by atoms with van der Waals surface area (Å²) in [5, 5.41) is 3.39. The fraction of sp³-hybridized carbons (Fsp3) is 0.571. The molecule has 1 heterocycles. The molecule has 1 unspecified atom stereocenters.